The van der Waals surface area contributed by atoms with Crippen molar-refractivity contribution in [2.45, 2.75) is 51.2 Å². The first-order valence-electron chi connectivity index (χ1n) is 6.16. The highest BCUT2D eigenvalue weighted by Gasteiger charge is 2.33. The summed E-state index contributed by atoms with van der Waals surface area (Å²) in [6.07, 6.45) is 2.03. The van der Waals surface area contributed by atoms with Crippen LogP contribution in [0.15, 0.2) is 0 Å². The zero-order chi connectivity index (χ0) is 13.1. The van der Waals surface area contributed by atoms with Crippen molar-refractivity contribution in [3.8, 4) is 0 Å². The van der Waals surface area contributed by atoms with E-state index in [0.717, 1.165) is 12.8 Å². The van der Waals surface area contributed by atoms with Crippen LogP contribution in [0.2, 0.25) is 0 Å². The Bertz CT molecular complexity index is 275. The van der Waals surface area contributed by atoms with Crippen molar-refractivity contribution in [2.75, 3.05) is 19.6 Å². The van der Waals surface area contributed by atoms with Crippen LogP contribution < -0.4 is 5.73 Å². The van der Waals surface area contributed by atoms with Crippen LogP contribution in [-0.2, 0) is 4.74 Å². The standard InChI is InChI=1S/C12H24N2O3/c1-11(2,3)17-10(15)14-7-5-4-6-12(16,8-13)9-14/h16H,4-9,13H2,1-3H3/t12-/m1/s1. The van der Waals surface area contributed by atoms with Crippen molar-refractivity contribution >= 4 is 6.09 Å². The summed E-state index contributed by atoms with van der Waals surface area (Å²) in [6.45, 7) is 6.55. The lowest BCUT2D eigenvalue weighted by Gasteiger charge is -2.32. The van der Waals surface area contributed by atoms with Crippen LogP contribution in [0.1, 0.15) is 40.0 Å². The van der Waals surface area contributed by atoms with E-state index in [-0.39, 0.29) is 19.2 Å². The number of ether oxygens (including phenoxy) is 1. The highest BCUT2D eigenvalue weighted by Crippen LogP contribution is 2.21. The van der Waals surface area contributed by atoms with Crippen molar-refractivity contribution in [1.29, 1.82) is 0 Å². The minimum atomic E-state index is -0.965. The molecule has 0 aromatic heterocycles. The van der Waals surface area contributed by atoms with Crippen LogP contribution in [0.25, 0.3) is 0 Å². The molecule has 1 rings (SSSR count). The molecule has 1 heterocycles. The van der Waals surface area contributed by atoms with Gasteiger partial charge in [0, 0.05) is 13.1 Å². The van der Waals surface area contributed by atoms with Gasteiger partial charge in [0.2, 0.25) is 0 Å². The van der Waals surface area contributed by atoms with Crippen LogP contribution in [0.3, 0.4) is 0 Å². The SMILES string of the molecule is CC(C)(C)OC(=O)N1CCCC[C@@](O)(CN)C1. The summed E-state index contributed by atoms with van der Waals surface area (Å²) in [5.41, 5.74) is 4.09. The number of amides is 1. The van der Waals surface area contributed by atoms with Crippen molar-refractivity contribution in [3.63, 3.8) is 0 Å². The van der Waals surface area contributed by atoms with Gasteiger partial charge in [-0.2, -0.15) is 0 Å². The van der Waals surface area contributed by atoms with E-state index in [4.69, 9.17) is 10.5 Å². The predicted octanol–water partition coefficient (Wildman–Crippen LogP) is 1.10. The highest BCUT2D eigenvalue weighted by atomic mass is 16.6. The molecule has 0 unspecified atom stereocenters. The highest BCUT2D eigenvalue weighted by molar-refractivity contribution is 5.68. The Balaban J connectivity index is 2.66. The van der Waals surface area contributed by atoms with E-state index < -0.39 is 11.2 Å². The molecule has 1 saturated heterocycles. The van der Waals surface area contributed by atoms with Gasteiger partial charge in [0.1, 0.15) is 5.60 Å². The van der Waals surface area contributed by atoms with E-state index in [9.17, 15) is 9.90 Å². The summed E-state index contributed by atoms with van der Waals surface area (Å²) < 4.78 is 5.31. The molecule has 1 aliphatic heterocycles. The van der Waals surface area contributed by atoms with Gasteiger partial charge >= 0.3 is 6.09 Å². The van der Waals surface area contributed by atoms with E-state index in [2.05, 4.69) is 0 Å². The fourth-order valence-electron chi connectivity index (χ4n) is 1.92. The fraction of sp³-hybridized carbons (Fsp3) is 0.917. The van der Waals surface area contributed by atoms with Crippen molar-refractivity contribution in [1.82, 2.24) is 4.90 Å². The van der Waals surface area contributed by atoms with Gasteiger partial charge in [0.05, 0.1) is 12.1 Å². The Morgan fingerprint density at radius 1 is 1.47 bits per heavy atom. The minimum absolute atomic E-state index is 0.173. The Kier molecular flexibility index (Phi) is 4.38. The van der Waals surface area contributed by atoms with Crippen LogP contribution in [0.4, 0.5) is 4.79 Å². The number of carbonyl (C=O) groups excluding carboxylic acids is 1. The normalized spacial score (nSPS) is 26.5. The quantitative estimate of drug-likeness (QED) is 0.724. The molecular weight excluding hydrogens is 220 g/mol. The smallest absolute Gasteiger partial charge is 0.410 e. The van der Waals surface area contributed by atoms with Gasteiger partial charge in [0.15, 0.2) is 0 Å². The average molecular weight is 244 g/mol. The van der Waals surface area contributed by atoms with E-state index in [1.807, 2.05) is 20.8 Å². The lowest BCUT2D eigenvalue weighted by molar-refractivity contribution is -0.00984. The molecule has 0 aromatic carbocycles. The van der Waals surface area contributed by atoms with Gasteiger partial charge in [-0.05, 0) is 40.0 Å². The molecule has 100 valence electrons. The second kappa shape index (κ2) is 5.23. The van der Waals surface area contributed by atoms with Crippen molar-refractivity contribution < 1.29 is 14.6 Å². The molecule has 1 fully saturated rings. The fourth-order valence-corrected chi connectivity index (χ4v) is 1.92. The van der Waals surface area contributed by atoms with Gasteiger partial charge in [-0.1, -0.05) is 0 Å². The Labute approximate surface area is 103 Å². The lowest BCUT2D eigenvalue weighted by atomic mass is 9.98. The predicted molar refractivity (Wildman–Crippen MR) is 65.7 cm³/mol. The number of likely N-dealkylation sites (tertiary alicyclic amines) is 1. The van der Waals surface area contributed by atoms with Gasteiger partial charge in [-0.25, -0.2) is 4.79 Å². The maximum absolute atomic E-state index is 11.9. The van der Waals surface area contributed by atoms with Crippen LogP contribution in [0.5, 0.6) is 0 Å². The number of hydrogen-bond acceptors (Lipinski definition) is 4. The number of aliphatic hydroxyl groups is 1. The Morgan fingerprint density at radius 2 is 2.12 bits per heavy atom. The molecule has 17 heavy (non-hydrogen) atoms. The zero-order valence-corrected chi connectivity index (χ0v) is 11.0. The van der Waals surface area contributed by atoms with Gasteiger partial charge in [-0.15, -0.1) is 0 Å². The molecule has 0 radical (unpaired) electrons. The molecule has 0 saturated carbocycles. The van der Waals surface area contributed by atoms with E-state index in [0.29, 0.717) is 13.0 Å². The summed E-state index contributed by atoms with van der Waals surface area (Å²) >= 11 is 0. The van der Waals surface area contributed by atoms with Crippen molar-refractivity contribution in [3.05, 3.63) is 0 Å². The summed E-state index contributed by atoms with van der Waals surface area (Å²) in [6, 6.07) is 0. The topological polar surface area (TPSA) is 75.8 Å². The second-order valence-corrected chi connectivity index (χ2v) is 5.79. The average Bonchev–Trinajstić information content (AvgIpc) is 2.39. The second-order valence-electron chi connectivity index (χ2n) is 5.79. The van der Waals surface area contributed by atoms with Crippen molar-refractivity contribution in [2.24, 2.45) is 5.73 Å². The molecule has 1 aliphatic rings. The van der Waals surface area contributed by atoms with Crippen LogP contribution in [0, 0.1) is 0 Å². The monoisotopic (exact) mass is 244 g/mol. The molecule has 5 nitrogen and oxygen atoms in total. The summed E-state index contributed by atoms with van der Waals surface area (Å²) in [4.78, 5) is 13.5. The zero-order valence-electron chi connectivity index (χ0n) is 11.0. The molecule has 0 aliphatic carbocycles. The number of hydrogen-bond donors (Lipinski definition) is 2. The maximum atomic E-state index is 11.9. The van der Waals surface area contributed by atoms with E-state index in [1.54, 1.807) is 4.90 Å². The molecular formula is C12H24N2O3. The molecule has 5 heteroatoms. The summed E-state index contributed by atoms with van der Waals surface area (Å²) in [5.74, 6) is 0. The first-order chi connectivity index (χ1) is 7.76. The lowest BCUT2D eigenvalue weighted by Crippen LogP contribution is -2.49. The molecule has 1 amide bonds. The number of nitrogens with zero attached hydrogens (tertiary/aromatic N) is 1. The first kappa shape index (κ1) is 14.3. The third-order valence-electron chi connectivity index (χ3n) is 2.84. The summed E-state index contributed by atoms with van der Waals surface area (Å²) in [5, 5.41) is 10.2. The van der Waals surface area contributed by atoms with Crippen LogP contribution >= 0.6 is 0 Å². The molecule has 0 spiro atoms. The maximum Gasteiger partial charge on any atom is 0.410 e. The molecule has 0 aromatic rings. The largest absolute Gasteiger partial charge is 0.444 e. The number of rotatable bonds is 1. The van der Waals surface area contributed by atoms with E-state index in [1.165, 1.54) is 0 Å². The van der Waals surface area contributed by atoms with Crippen LogP contribution in [-0.4, -0.2) is 46.9 Å². The number of β-amino-alcohol motifs (C(OH)–C–C–N with tert-alkyl or cyclic N) is 1. The summed E-state index contributed by atoms with van der Waals surface area (Å²) in [7, 11) is 0. The van der Waals surface area contributed by atoms with Gasteiger partial charge < -0.3 is 20.5 Å². The van der Waals surface area contributed by atoms with Gasteiger partial charge in [-0.3, -0.25) is 0 Å². The third kappa shape index (κ3) is 4.52. The van der Waals surface area contributed by atoms with E-state index >= 15 is 0 Å². The third-order valence-corrected chi connectivity index (χ3v) is 2.84. The Morgan fingerprint density at radius 3 is 2.65 bits per heavy atom. The molecule has 3 N–H and O–H groups in total. The number of carbonyl (C=O) groups is 1. The number of nitrogens with two attached hydrogens (primary N) is 1. The minimum Gasteiger partial charge on any atom is -0.444 e. The Hall–Kier alpha value is -0.810. The molecule has 0 bridgehead atoms. The molecule has 1 atom stereocenters. The first-order valence-corrected chi connectivity index (χ1v) is 6.16. The van der Waals surface area contributed by atoms with Gasteiger partial charge in [0.25, 0.3) is 0 Å².